The molecular formula is C20H24ClN3O2. The predicted octanol–water partition coefficient (Wildman–Crippen LogP) is 3.73. The summed E-state index contributed by atoms with van der Waals surface area (Å²) in [4.78, 5) is 22.7. The van der Waals surface area contributed by atoms with Gasteiger partial charge in [-0.1, -0.05) is 43.0 Å². The lowest BCUT2D eigenvalue weighted by Gasteiger charge is -2.29. The standard InChI is InChI=1S/C20H24ClN3O2/c21-18-14(7-4-8-17(18)25)11-24-10-9-15-16(12-24)22-19(23-20(15)26)13-5-2-1-3-6-13/h4,7-8,13,25H,1-3,5-6,9-12H2,(H,22,23,26). The highest BCUT2D eigenvalue weighted by atomic mass is 35.5. The third-order valence-electron chi connectivity index (χ3n) is 5.61. The molecule has 4 rings (SSSR count). The number of rotatable bonds is 3. The van der Waals surface area contributed by atoms with Crippen LogP contribution in [0.15, 0.2) is 23.0 Å². The summed E-state index contributed by atoms with van der Waals surface area (Å²) in [7, 11) is 0. The molecule has 2 N–H and O–H groups in total. The van der Waals surface area contributed by atoms with Crippen molar-refractivity contribution in [3.05, 3.63) is 56.2 Å². The van der Waals surface area contributed by atoms with Gasteiger partial charge in [-0.2, -0.15) is 0 Å². The molecule has 2 aromatic rings. The van der Waals surface area contributed by atoms with E-state index in [1.807, 2.05) is 6.07 Å². The van der Waals surface area contributed by atoms with Gasteiger partial charge in [-0.3, -0.25) is 9.69 Å². The number of aromatic hydroxyl groups is 1. The minimum absolute atomic E-state index is 0.0330. The van der Waals surface area contributed by atoms with Crippen molar-refractivity contribution in [3.63, 3.8) is 0 Å². The van der Waals surface area contributed by atoms with Crippen molar-refractivity contribution < 1.29 is 5.11 Å². The average Bonchev–Trinajstić information content (AvgIpc) is 2.66. The summed E-state index contributed by atoms with van der Waals surface area (Å²) in [5, 5.41) is 10.2. The summed E-state index contributed by atoms with van der Waals surface area (Å²) >= 11 is 6.22. The van der Waals surface area contributed by atoms with E-state index < -0.39 is 0 Å². The SMILES string of the molecule is O=c1[nH]c(C2CCCCC2)nc2c1CCN(Cc1cccc(O)c1Cl)C2. The average molecular weight is 374 g/mol. The monoisotopic (exact) mass is 373 g/mol. The molecule has 5 nitrogen and oxygen atoms in total. The number of fused-ring (bicyclic) bond motifs is 1. The van der Waals surface area contributed by atoms with Gasteiger partial charge in [0.15, 0.2) is 0 Å². The second-order valence-electron chi connectivity index (χ2n) is 7.42. The molecule has 0 spiro atoms. The molecule has 1 aromatic carbocycles. The molecule has 0 atom stereocenters. The number of aromatic amines is 1. The number of halogens is 1. The molecule has 1 aliphatic heterocycles. The van der Waals surface area contributed by atoms with Gasteiger partial charge in [-0.05, 0) is 30.9 Å². The first-order valence-corrected chi connectivity index (χ1v) is 9.80. The first-order valence-electron chi connectivity index (χ1n) is 9.42. The number of nitrogens with zero attached hydrogens (tertiary/aromatic N) is 2. The molecule has 1 saturated carbocycles. The van der Waals surface area contributed by atoms with Crippen molar-refractivity contribution >= 4 is 11.6 Å². The van der Waals surface area contributed by atoms with Crippen molar-refractivity contribution in [3.8, 4) is 5.75 Å². The molecule has 26 heavy (non-hydrogen) atoms. The van der Waals surface area contributed by atoms with Crippen LogP contribution >= 0.6 is 11.6 Å². The lowest BCUT2D eigenvalue weighted by Crippen LogP contribution is -2.35. The topological polar surface area (TPSA) is 69.2 Å². The second kappa shape index (κ2) is 7.41. The first-order chi connectivity index (χ1) is 12.6. The van der Waals surface area contributed by atoms with Gasteiger partial charge in [0.1, 0.15) is 11.6 Å². The minimum atomic E-state index is 0.0330. The van der Waals surface area contributed by atoms with Gasteiger partial charge < -0.3 is 10.1 Å². The van der Waals surface area contributed by atoms with Crippen LogP contribution in [0.4, 0.5) is 0 Å². The van der Waals surface area contributed by atoms with Gasteiger partial charge in [0, 0.05) is 31.1 Å². The van der Waals surface area contributed by atoms with Crippen LogP contribution in [-0.2, 0) is 19.5 Å². The highest BCUT2D eigenvalue weighted by molar-refractivity contribution is 6.32. The number of hydrogen-bond acceptors (Lipinski definition) is 4. The molecule has 0 saturated heterocycles. The Bertz CT molecular complexity index is 859. The Morgan fingerprint density at radius 1 is 1.27 bits per heavy atom. The fraction of sp³-hybridized carbons (Fsp3) is 0.500. The van der Waals surface area contributed by atoms with E-state index in [0.29, 0.717) is 30.5 Å². The predicted molar refractivity (Wildman–Crippen MR) is 102 cm³/mol. The number of phenolic OH excluding ortho intramolecular Hbond substituents is 1. The van der Waals surface area contributed by atoms with Crippen molar-refractivity contribution in [2.45, 2.75) is 57.5 Å². The van der Waals surface area contributed by atoms with E-state index in [0.717, 1.165) is 42.0 Å². The van der Waals surface area contributed by atoms with E-state index in [-0.39, 0.29) is 11.3 Å². The largest absolute Gasteiger partial charge is 0.506 e. The van der Waals surface area contributed by atoms with Crippen molar-refractivity contribution in [1.82, 2.24) is 14.9 Å². The molecule has 2 heterocycles. The van der Waals surface area contributed by atoms with E-state index in [1.165, 1.54) is 19.3 Å². The van der Waals surface area contributed by atoms with Gasteiger partial charge in [0.2, 0.25) is 0 Å². The smallest absolute Gasteiger partial charge is 0.254 e. The molecule has 138 valence electrons. The fourth-order valence-corrected chi connectivity index (χ4v) is 4.33. The maximum absolute atomic E-state index is 12.5. The maximum Gasteiger partial charge on any atom is 0.254 e. The van der Waals surface area contributed by atoms with Crippen LogP contribution in [0.25, 0.3) is 0 Å². The van der Waals surface area contributed by atoms with Crippen LogP contribution in [0, 0.1) is 0 Å². The number of H-pyrrole nitrogens is 1. The van der Waals surface area contributed by atoms with Crippen LogP contribution in [-0.4, -0.2) is 26.5 Å². The van der Waals surface area contributed by atoms with Crippen LogP contribution in [0.1, 0.15) is 60.7 Å². The number of hydrogen-bond donors (Lipinski definition) is 2. The highest BCUT2D eigenvalue weighted by Gasteiger charge is 2.25. The number of phenols is 1. The van der Waals surface area contributed by atoms with E-state index in [1.54, 1.807) is 12.1 Å². The molecule has 1 aliphatic carbocycles. The summed E-state index contributed by atoms with van der Waals surface area (Å²) in [5.74, 6) is 1.36. The molecule has 0 bridgehead atoms. The lowest BCUT2D eigenvalue weighted by molar-refractivity contribution is 0.239. The number of benzene rings is 1. The molecule has 1 aromatic heterocycles. The number of aromatic nitrogens is 2. The Hall–Kier alpha value is -1.85. The molecule has 0 unspecified atom stereocenters. The van der Waals surface area contributed by atoms with Gasteiger partial charge in [-0.25, -0.2) is 4.98 Å². The van der Waals surface area contributed by atoms with Crippen molar-refractivity contribution in [1.29, 1.82) is 0 Å². The Labute approximate surface area is 158 Å². The molecule has 0 amide bonds. The van der Waals surface area contributed by atoms with Crippen molar-refractivity contribution in [2.75, 3.05) is 6.54 Å². The summed E-state index contributed by atoms with van der Waals surface area (Å²) in [6, 6.07) is 5.32. The molecular weight excluding hydrogens is 350 g/mol. The molecule has 1 fully saturated rings. The van der Waals surface area contributed by atoms with Crippen LogP contribution in [0.2, 0.25) is 5.02 Å². The Balaban J connectivity index is 1.56. The summed E-state index contributed by atoms with van der Waals surface area (Å²) in [5.41, 5.74) is 2.65. The van der Waals surface area contributed by atoms with Crippen molar-refractivity contribution in [2.24, 2.45) is 0 Å². The molecule has 2 aliphatic rings. The van der Waals surface area contributed by atoms with Gasteiger partial charge >= 0.3 is 0 Å². The third kappa shape index (κ3) is 3.51. The van der Waals surface area contributed by atoms with Gasteiger partial charge in [0.05, 0.1) is 10.7 Å². The van der Waals surface area contributed by atoms with E-state index in [9.17, 15) is 9.90 Å². The second-order valence-corrected chi connectivity index (χ2v) is 7.80. The minimum Gasteiger partial charge on any atom is -0.506 e. The van der Waals surface area contributed by atoms with Crippen LogP contribution < -0.4 is 5.56 Å². The quantitative estimate of drug-likeness (QED) is 0.860. The number of nitrogens with one attached hydrogen (secondary N) is 1. The first kappa shape index (κ1) is 17.6. The third-order valence-corrected chi connectivity index (χ3v) is 6.05. The zero-order valence-corrected chi connectivity index (χ0v) is 15.6. The Morgan fingerprint density at radius 2 is 2.08 bits per heavy atom. The van der Waals surface area contributed by atoms with E-state index in [4.69, 9.17) is 16.6 Å². The molecule has 0 radical (unpaired) electrons. The zero-order chi connectivity index (χ0) is 18.1. The summed E-state index contributed by atoms with van der Waals surface area (Å²) in [6.45, 7) is 2.07. The van der Waals surface area contributed by atoms with E-state index >= 15 is 0 Å². The zero-order valence-electron chi connectivity index (χ0n) is 14.8. The van der Waals surface area contributed by atoms with Gasteiger partial charge in [-0.15, -0.1) is 0 Å². The summed E-state index contributed by atoms with van der Waals surface area (Å²) in [6.07, 6.45) is 6.64. The van der Waals surface area contributed by atoms with E-state index in [2.05, 4.69) is 9.88 Å². The maximum atomic E-state index is 12.5. The normalized spacial score (nSPS) is 18.7. The van der Waals surface area contributed by atoms with Gasteiger partial charge in [0.25, 0.3) is 5.56 Å². The Morgan fingerprint density at radius 3 is 2.88 bits per heavy atom. The molecule has 6 heteroatoms. The lowest BCUT2D eigenvalue weighted by atomic mass is 9.88. The summed E-state index contributed by atoms with van der Waals surface area (Å²) < 4.78 is 0. The highest BCUT2D eigenvalue weighted by Crippen LogP contribution is 2.31. The Kier molecular flexibility index (Phi) is 5.00. The fourth-order valence-electron chi connectivity index (χ4n) is 4.15. The van der Waals surface area contributed by atoms with Crippen LogP contribution in [0.3, 0.4) is 0 Å². The van der Waals surface area contributed by atoms with Crippen LogP contribution in [0.5, 0.6) is 5.75 Å².